The predicted molar refractivity (Wildman–Crippen MR) is 59.6 cm³/mol. The van der Waals surface area contributed by atoms with Crippen LogP contribution in [0.2, 0.25) is 0 Å². The van der Waals surface area contributed by atoms with E-state index in [1.165, 1.54) is 12.8 Å². The molecule has 4 heteroatoms. The normalized spacial score (nSPS) is 28.5. The quantitative estimate of drug-likeness (QED) is 0.854. The minimum atomic E-state index is -0.169. The molecule has 0 spiro atoms. The third-order valence-corrected chi connectivity index (χ3v) is 4.34. The number of aliphatic hydroxyl groups is 1. The van der Waals surface area contributed by atoms with E-state index in [1.54, 1.807) is 0 Å². The number of rotatable bonds is 3. The molecule has 1 heterocycles. The third-order valence-electron chi connectivity index (χ3n) is 4.34. The lowest BCUT2D eigenvalue weighted by atomic mass is 9.75. The first-order chi connectivity index (χ1) is 7.54. The Hall–Kier alpha value is -0.900. The van der Waals surface area contributed by atoms with Gasteiger partial charge in [-0.15, -0.1) is 0 Å². The fraction of sp³-hybridized carbons (Fsp3) is 0.833. The van der Waals surface area contributed by atoms with Gasteiger partial charge in [0.05, 0.1) is 0 Å². The highest BCUT2D eigenvalue weighted by atomic mass is 16.5. The van der Waals surface area contributed by atoms with Crippen molar-refractivity contribution in [3.8, 4) is 0 Å². The van der Waals surface area contributed by atoms with Gasteiger partial charge in [-0.2, -0.15) is 4.98 Å². The molecule has 2 rings (SSSR count). The molecule has 0 unspecified atom stereocenters. The molecule has 16 heavy (non-hydrogen) atoms. The van der Waals surface area contributed by atoms with E-state index in [4.69, 9.17) is 9.63 Å². The van der Waals surface area contributed by atoms with E-state index in [1.807, 2.05) is 0 Å². The molecule has 2 atom stereocenters. The van der Waals surface area contributed by atoms with Gasteiger partial charge in [-0.25, -0.2) is 0 Å². The summed E-state index contributed by atoms with van der Waals surface area (Å²) in [5.74, 6) is 2.42. The monoisotopic (exact) mass is 224 g/mol. The van der Waals surface area contributed by atoms with Crippen LogP contribution in [-0.4, -0.2) is 15.2 Å². The number of hydrogen-bond donors (Lipinski definition) is 1. The van der Waals surface area contributed by atoms with Gasteiger partial charge in [-0.05, 0) is 30.1 Å². The van der Waals surface area contributed by atoms with Crippen molar-refractivity contribution in [1.82, 2.24) is 10.1 Å². The van der Waals surface area contributed by atoms with Gasteiger partial charge in [0.2, 0.25) is 0 Å². The van der Waals surface area contributed by atoms with E-state index in [9.17, 15) is 0 Å². The van der Waals surface area contributed by atoms with Gasteiger partial charge < -0.3 is 9.63 Å². The summed E-state index contributed by atoms with van der Waals surface area (Å²) in [5.41, 5.74) is 0.347. The fourth-order valence-corrected chi connectivity index (χ4v) is 2.62. The van der Waals surface area contributed by atoms with Gasteiger partial charge in [0, 0.05) is 6.42 Å². The standard InChI is InChI=1S/C12H20N2O2/c1-8-4-5-9(12(8,2)3)6-10-13-11(7-15)16-14-10/h8-9,15H,4-7H2,1-3H3/t8-,9+/m1/s1. The van der Waals surface area contributed by atoms with Crippen molar-refractivity contribution in [3.05, 3.63) is 11.7 Å². The van der Waals surface area contributed by atoms with E-state index in [2.05, 4.69) is 30.9 Å². The molecular formula is C12H20N2O2. The van der Waals surface area contributed by atoms with Crippen molar-refractivity contribution in [2.24, 2.45) is 17.3 Å². The minimum absolute atomic E-state index is 0.169. The molecule has 0 bridgehead atoms. The summed E-state index contributed by atoms with van der Waals surface area (Å²) in [6.45, 7) is 6.79. The zero-order valence-electron chi connectivity index (χ0n) is 10.2. The van der Waals surface area contributed by atoms with Crippen molar-refractivity contribution < 1.29 is 9.63 Å². The largest absolute Gasteiger partial charge is 0.387 e. The topological polar surface area (TPSA) is 59.2 Å². The van der Waals surface area contributed by atoms with Crippen LogP contribution in [0, 0.1) is 17.3 Å². The van der Waals surface area contributed by atoms with Gasteiger partial charge in [-0.3, -0.25) is 0 Å². The lowest BCUT2D eigenvalue weighted by Gasteiger charge is -2.30. The molecule has 1 fully saturated rings. The van der Waals surface area contributed by atoms with Crippen molar-refractivity contribution in [2.45, 2.75) is 46.6 Å². The van der Waals surface area contributed by atoms with Gasteiger partial charge in [0.1, 0.15) is 6.61 Å². The number of hydrogen-bond acceptors (Lipinski definition) is 4. The molecule has 0 saturated heterocycles. The van der Waals surface area contributed by atoms with Crippen LogP contribution in [0.1, 0.15) is 45.3 Å². The fourth-order valence-electron chi connectivity index (χ4n) is 2.62. The summed E-state index contributed by atoms with van der Waals surface area (Å²) in [7, 11) is 0. The first-order valence-electron chi connectivity index (χ1n) is 5.96. The first kappa shape index (κ1) is 11.6. The second-order valence-electron chi connectivity index (χ2n) is 5.46. The average molecular weight is 224 g/mol. The Morgan fingerprint density at radius 2 is 2.19 bits per heavy atom. The third kappa shape index (κ3) is 1.98. The van der Waals surface area contributed by atoms with Gasteiger partial charge in [0.15, 0.2) is 5.82 Å². The Kier molecular flexibility index (Phi) is 3.02. The van der Waals surface area contributed by atoms with Crippen LogP contribution in [0.5, 0.6) is 0 Å². The van der Waals surface area contributed by atoms with Gasteiger partial charge >= 0.3 is 0 Å². The van der Waals surface area contributed by atoms with E-state index in [0.717, 1.165) is 18.2 Å². The van der Waals surface area contributed by atoms with Crippen LogP contribution in [0.15, 0.2) is 4.52 Å². The SMILES string of the molecule is C[C@@H]1CC[C@@H](Cc2noc(CO)n2)C1(C)C. The summed E-state index contributed by atoms with van der Waals surface area (Å²) in [5, 5.41) is 12.8. The Morgan fingerprint density at radius 1 is 1.44 bits per heavy atom. The Morgan fingerprint density at radius 3 is 2.69 bits per heavy atom. The lowest BCUT2D eigenvalue weighted by molar-refractivity contribution is 0.193. The van der Waals surface area contributed by atoms with E-state index in [0.29, 0.717) is 17.2 Å². The smallest absolute Gasteiger partial charge is 0.252 e. The molecule has 1 N–H and O–H groups in total. The number of aliphatic hydroxyl groups excluding tert-OH is 1. The molecule has 1 aromatic rings. The maximum Gasteiger partial charge on any atom is 0.252 e. The molecular weight excluding hydrogens is 204 g/mol. The van der Waals surface area contributed by atoms with Crippen molar-refractivity contribution >= 4 is 0 Å². The minimum Gasteiger partial charge on any atom is -0.387 e. The van der Waals surface area contributed by atoms with Gasteiger partial charge in [-0.1, -0.05) is 25.9 Å². The van der Waals surface area contributed by atoms with E-state index >= 15 is 0 Å². The van der Waals surface area contributed by atoms with E-state index < -0.39 is 0 Å². The van der Waals surface area contributed by atoms with E-state index in [-0.39, 0.29) is 6.61 Å². The molecule has 1 aliphatic carbocycles. The highest BCUT2D eigenvalue weighted by Gasteiger charge is 2.40. The molecule has 1 aromatic heterocycles. The summed E-state index contributed by atoms with van der Waals surface area (Å²) >= 11 is 0. The second-order valence-corrected chi connectivity index (χ2v) is 5.46. The number of nitrogens with zero attached hydrogens (tertiary/aromatic N) is 2. The zero-order chi connectivity index (χ0) is 11.8. The Labute approximate surface area is 96.1 Å². The summed E-state index contributed by atoms with van der Waals surface area (Å²) in [4.78, 5) is 4.16. The van der Waals surface area contributed by atoms with Crippen molar-refractivity contribution in [2.75, 3.05) is 0 Å². The zero-order valence-corrected chi connectivity index (χ0v) is 10.2. The predicted octanol–water partition coefficient (Wildman–Crippen LogP) is 2.18. The highest BCUT2D eigenvalue weighted by Crippen LogP contribution is 2.48. The highest BCUT2D eigenvalue weighted by molar-refractivity contribution is 4.96. The molecule has 0 aliphatic heterocycles. The van der Waals surface area contributed by atoms with Crippen LogP contribution in [0.4, 0.5) is 0 Å². The van der Waals surface area contributed by atoms with Crippen LogP contribution in [0.25, 0.3) is 0 Å². The molecule has 0 radical (unpaired) electrons. The molecule has 4 nitrogen and oxygen atoms in total. The Balaban J connectivity index is 2.05. The van der Waals surface area contributed by atoms with Crippen molar-refractivity contribution in [1.29, 1.82) is 0 Å². The van der Waals surface area contributed by atoms with Crippen molar-refractivity contribution in [3.63, 3.8) is 0 Å². The van der Waals surface area contributed by atoms with Crippen LogP contribution in [0.3, 0.4) is 0 Å². The molecule has 0 amide bonds. The molecule has 0 aromatic carbocycles. The lowest BCUT2D eigenvalue weighted by Crippen LogP contribution is -2.25. The van der Waals surface area contributed by atoms with Crippen LogP contribution >= 0.6 is 0 Å². The average Bonchev–Trinajstić information content (AvgIpc) is 2.79. The molecule has 90 valence electrons. The number of aromatic nitrogens is 2. The molecule has 1 aliphatic rings. The second kappa shape index (κ2) is 4.17. The first-order valence-corrected chi connectivity index (χ1v) is 5.96. The maximum atomic E-state index is 8.86. The van der Waals surface area contributed by atoms with Crippen LogP contribution in [-0.2, 0) is 13.0 Å². The summed E-state index contributed by atoms with van der Waals surface area (Å²) in [6.07, 6.45) is 3.38. The summed E-state index contributed by atoms with van der Waals surface area (Å²) in [6, 6.07) is 0. The molecule has 1 saturated carbocycles. The maximum absolute atomic E-state index is 8.86. The summed E-state index contributed by atoms with van der Waals surface area (Å²) < 4.78 is 4.91. The van der Waals surface area contributed by atoms with Crippen LogP contribution < -0.4 is 0 Å². The van der Waals surface area contributed by atoms with Gasteiger partial charge in [0.25, 0.3) is 5.89 Å². The Bertz CT molecular complexity index is 360.